The molecule has 1 amide bonds. The quantitative estimate of drug-likeness (QED) is 0.340. The summed E-state index contributed by atoms with van der Waals surface area (Å²) in [4.78, 5) is 35.7. The first-order valence-electron chi connectivity index (χ1n) is 13.2. The number of carbonyl (C=O) groups excluding carboxylic acids is 1. The zero-order valence-corrected chi connectivity index (χ0v) is 23.6. The lowest BCUT2D eigenvalue weighted by Crippen LogP contribution is -2.35. The van der Waals surface area contributed by atoms with E-state index in [1.807, 2.05) is 29.2 Å². The molecule has 1 unspecified atom stereocenters. The fourth-order valence-electron chi connectivity index (χ4n) is 4.65. The van der Waals surface area contributed by atoms with E-state index in [2.05, 4.69) is 21.7 Å². The number of aliphatic hydroxyl groups is 2. The van der Waals surface area contributed by atoms with Gasteiger partial charge in [0.25, 0.3) is 5.91 Å². The Balaban J connectivity index is 1.66. The Morgan fingerprint density at radius 3 is 2.60 bits per heavy atom. The lowest BCUT2D eigenvalue weighted by molar-refractivity contribution is 0.0342. The maximum atomic E-state index is 13.7. The second kappa shape index (κ2) is 13.9. The molecule has 0 saturated carbocycles. The van der Waals surface area contributed by atoms with Crippen LogP contribution in [0, 0.1) is 11.8 Å². The number of ether oxygens (including phenoxy) is 1. The van der Waals surface area contributed by atoms with E-state index in [0.29, 0.717) is 54.3 Å². The molecule has 1 aliphatic rings. The Morgan fingerprint density at radius 2 is 1.90 bits per heavy atom. The number of fused-ring (bicyclic) bond motifs is 1. The predicted octanol–water partition coefficient (Wildman–Crippen LogP) is 1.92. The molecule has 9 nitrogen and oxygen atoms in total. The van der Waals surface area contributed by atoms with Crippen LogP contribution in [0.2, 0.25) is 5.02 Å². The first-order chi connectivity index (χ1) is 19.2. The van der Waals surface area contributed by atoms with Crippen LogP contribution in [0.4, 0.5) is 0 Å². The molecule has 0 aliphatic carbocycles. The number of aromatic nitrogens is 1. The number of likely N-dealkylation sites (N-methyl/N-ethyl adjacent to an activating group) is 1. The van der Waals surface area contributed by atoms with Crippen molar-refractivity contribution in [3.63, 3.8) is 0 Å². The molecular weight excluding hydrogens is 532 g/mol. The van der Waals surface area contributed by atoms with E-state index < -0.39 is 6.10 Å². The van der Waals surface area contributed by atoms with E-state index >= 15 is 0 Å². The standard InChI is InChI=1S/C30H35ClN4O5/c1-33(19-25(37)20-36)9-3-4-23-14-22(18-35-10-12-40-13-11-35)15-26-28(23)32-16-27(29(26)38)30(39)34(2)17-21-5-7-24(31)8-6-21/h5-8,14-16,25,36-37H,9-13,17-20H2,1-2H3,(H,32,38). The Labute approximate surface area is 238 Å². The largest absolute Gasteiger partial charge is 0.394 e. The molecule has 212 valence electrons. The molecule has 1 aliphatic heterocycles. The van der Waals surface area contributed by atoms with E-state index in [4.69, 9.17) is 21.4 Å². The Morgan fingerprint density at radius 1 is 1.18 bits per heavy atom. The van der Waals surface area contributed by atoms with Crippen molar-refractivity contribution in [3.05, 3.63) is 80.1 Å². The molecule has 1 saturated heterocycles. The second-order valence-corrected chi connectivity index (χ2v) is 10.5. The molecule has 1 aromatic heterocycles. The number of H-pyrrole nitrogens is 1. The first-order valence-corrected chi connectivity index (χ1v) is 13.6. The van der Waals surface area contributed by atoms with Crippen molar-refractivity contribution in [2.24, 2.45) is 0 Å². The number of hydrogen-bond acceptors (Lipinski definition) is 7. The lowest BCUT2D eigenvalue weighted by Gasteiger charge is -2.26. The van der Waals surface area contributed by atoms with Crippen molar-refractivity contribution in [1.29, 1.82) is 0 Å². The molecule has 3 N–H and O–H groups in total. The fourth-order valence-corrected chi connectivity index (χ4v) is 4.78. The third kappa shape index (κ3) is 7.70. The van der Waals surface area contributed by atoms with Gasteiger partial charge in [0.15, 0.2) is 0 Å². The highest BCUT2D eigenvalue weighted by molar-refractivity contribution is 6.30. The van der Waals surface area contributed by atoms with Gasteiger partial charge in [0, 0.05) is 61.9 Å². The van der Waals surface area contributed by atoms with Crippen LogP contribution in [-0.2, 0) is 17.8 Å². The Bertz CT molecular complexity index is 1440. The van der Waals surface area contributed by atoms with Gasteiger partial charge in [-0.15, -0.1) is 0 Å². The van der Waals surface area contributed by atoms with Crippen LogP contribution in [0.25, 0.3) is 10.9 Å². The first kappa shape index (κ1) is 29.7. The van der Waals surface area contributed by atoms with Crippen LogP contribution >= 0.6 is 11.6 Å². The van der Waals surface area contributed by atoms with Crippen molar-refractivity contribution in [3.8, 4) is 11.8 Å². The van der Waals surface area contributed by atoms with Crippen LogP contribution in [-0.4, -0.2) is 102 Å². The number of carbonyl (C=O) groups is 1. The summed E-state index contributed by atoms with van der Waals surface area (Å²) < 4.78 is 5.47. The number of morpholine rings is 1. The smallest absolute Gasteiger partial charge is 0.259 e. The summed E-state index contributed by atoms with van der Waals surface area (Å²) in [5.74, 6) is 5.89. The van der Waals surface area contributed by atoms with E-state index in [9.17, 15) is 14.7 Å². The number of nitrogens with zero attached hydrogens (tertiary/aromatic N) is 3. The summed E-state index contributed by atoms with van der Waals surface area (Å²) in [6, 6.07) is 11.0. The normalized spacial score (nSPS) is 14.7. The summed E-state index contributed by atoms with van der Waals surface area (Å²) in [6.45, 7) is 4.20. The van der Waals surface area contributed by atoms with Gasteiger partial charge in [0.2, 0.25) is 5.43 Å². The van der Waals surface area contributed by atoms with Gasteiger partial charge in [-0.05, 0) is 42.4 Å². The van der Waals surface area contributed by atoms with Crippen LogP contribution in [0.3, 0.4) is 0 Å². The molecule has 10 heteroatoms. The van der Waals surface area contributed by atoms with Gasteiger partial charge in [0.05, 0.1) is 38.0 Å². The Kier molecular flexibility index (Phi) is 10.3. The van der Waals surface area contributed by atoms with E-state index in [0.717, 1.165) is 24.2 Å². The second-order valence-electron chi connectivity index (χ2n) is 10.1. The van der Waals surface area contributed by atoms with Crippen LogP contribution in [0.1, 0.15) is 27.0 Å². The lowest BCUT2D eigenvalue weighted by atomic mass is 10.0. The van der Waals surface area contributed by atoms with Gasteiger partial charge in [-0.1, -0.05) is 35.6 Å². The molecule has 0 spiro atoms. The Hall–Kier alpha value is -3.23. The minimum atomic E-state index is -0.838. The molecule has 3 aromatic rings. The minimum absolute atomic E-state index is 0.0594. The zero-order valence-electron chi connectivity index (χ0n) is 22.8. The molecular formula is C30H35ClN4O5. The molecule has 0 bridgehead atoms. The van der Waals surface area contributed by atoms with E-state index in [1.54, 1.807) is 26.2 Å². The number of aromatic amines is 1. The van der Waals surface area contributed by atoms with Gasteiger partial charge >= 0.3 is 0 Å². The van der Waals surface area contributed by atoms with Crippen molar-refractivity contribution in [1.82, 2.24) is 19.7 Å². The van der Waals surface area contributed by atoms with Crippen molar-refractivity contribution >= 4 is 28.4 Å². The maximum Gasteiger partial charge on any atom is 0.259 e. The molecule has 1 atom stereocenters. The average Bonchev–Trinajstić information content (AvgIpc) is 2.95. The summed E-state index contributed by atoms with van der Waals surface area (Å²) in [5.41, 5.74) is 2.76. The number of hydrogen-bond donors (Lipinski definition) is 3. The number of halogens is 1. The summed E-state index contributed by atoms with van der Waals surface area (Å²) >= 11 is 5.98. The number of amides is 1. The van der Waals surface area contributed by atoms with Crippen LogP contribution in [0.15, 0.2) is 47.4 Å². The molecule has 2 aromatic carbocycles. The molecule has 40 heavy (non-hydrogen) atoms. The molecule has 4 rings (SSSR count). The van der Waals surface area contributed by atoms with E-state index in [-0.39, 0.29) is 30.1 Å². The van der Waals surface area contributed by atoms with E-state index in [1.165, 1.54) is 11.1 Å². The number of aliphatic hydroxyl groups excluding tert-OH is 2. The van der Waals surface area contributed by atoms with Crippen molar-refractivity contribution in [2.45, 2.75) is 19.2 Å². The summed E-state index contributed by atoms with van der Waals surface area (Å²) in [6.07, 6.45) is 0.622. The third-order valence-corrected chi connectivity index (χ3v) is 7.03. The van der Waals surface area contributed by atoms with Gasteiger partial charge in [0.1, 0.15) is 5.56 Å². The SMILES string of the molecule is CN(CC#Cc1cc(CN2CCOCC2)cc2c(=O)c(C(=O)N(C)Cc3ccc(Cl)cc3)c[nH]c12)CC(O)CO. The molecule has 1 fully saturated rings. The predicted molar refractivity (Wildman–Crippen MR) is 155 cm³/mol. The van der Waals surface area contributed by atoms with Gasteiger partial charge in [-0.2, -0.15) is 0 Å². The minimum Gasteiger partial charge on any atom is -0.394 e. The third-order valence-electron chi connectivity index (χ3n) is 6.77. The number of pyridine rings is 1. The maximum absolute atomic E-state index is 13.7. The monoisotopic (exact) mass is 566 g/mol. The highest BCUT2D eigenvalue weighted by Gasteiger charge is 2.20. The van der Waals surface area contributed by atoms with Crippen LogP contribution in [0.5, 0.6) is 0 Å². The summed E-state index contributed by atoms with van der Waals surface area (Å²) in [7, 11) is 3.47. The van der Waals surface area contributed by atoms with Gasteiger partial charge in [-0.3, -0.25) is 19.4 Å². The fraction of sp³-hybridized carbons (Fsp3) is 0.400. The molecule has 2 heterocycles. The van der Waals surface area contributed by atoms with Gasteiger partial charge in [-0.25, -0.2) is 0 Å². The number of nitrogens with one attached hydrogen (secondary N) is 1. The van der Waals surface area contributed by atoms with Crippen molar-refractivity contribution < 1.29 is 19.7 Å². The van der Waals surface area contributed by atoms with Crippen LogP contribution < -0.4 is 5.43 Å². The topological polar surface area (TPSA) is 109 Å². The summed E-state index contributed by atoms with van der Waals surface area (Å²) in [5, 5.41) is 19.8. The number of benzene rings is 2. The highest BCUT2D eigenvalue weighted by Crippen LogP contribution is 2.20. The molecule has 0 radical (unpaired) electrons. The van der Waals surface area contributed by atoms with Crippen molar-refractivity contribution in [2.75, 3.05) is 60.1 Å². The van der Waals surface area contributed by atoms with Gasteiger partial charge < -0.3 is 24.8 Å². The highest BCUT2D eigenvalue weighted by atomic mass is 35.5. The number of rotatable bonds is 9. The average molecular weight is 567 g/mol. The zero-order chi connectivity index (χ0) is 28.6.